The fraction of sp³-hybridized carbons (Fsp3) is 0.133. The molecule has 0 radical (unpaired) electrons. The lowest BCUT2D eigenvalue weighted by molar-refractivity contribution is -0.115. The topological polar surface area (TPSA) is 29.1 Å². The summed E-state index contributed by atoms with van der Waals surface area (Å²) in [5.74, 6) is -0.416. The summed E-state index contributed by atoms with van der Waals surface area (Å²) in [6.45, 7) is 1.76. The lowest BCUT2D eigenvalue weighted by Crippen LogP contribution is -2.15. The van der Waals surface area contributed by atoms with E-state index >= 15 is 0 Å². The van der Waals surface area contributed by atoms with Gasteiger partial charge in [-0.3, -0.25) is 4.79 Å². The van der Waals surface area contributed by atoms with Crippen molar-refractivity contribution in [1.82, 2.24) is 0 Å². The third kappa shape index (κ3) is 3.89. The zero-order valence-electron chi connectivity index (χ0n) is 10.4. The van der Waals surface area contributed by atoms with Crippen molar-refractivity contribution in [2.45, 2.75) is 13.3 Å². The van der Waals surface area contributed by atoms with E-state index < -0.39 is 0 Å². The molecule has 2 nitrogen and oxygen atoms in total. The zero-order valence-corrected chi connectivity index (χ0v) is 12.0. The smallest absolute Gasteiger partial charge is 0.228 e. The van der Waals surface area contributed by atoms with Gasteiger partial charge >= 0.3 is 0 Å². The normalized spacial score (nSPS) is 10.3. The van der Waals surface area contributed by atoms with E-state index in [-0.39, 0.29) is 11.7 Å². The second kappa shape index (κ2) is 5.97. The number of aryl methyl sites for hydroxylation is 1. The van der Waals surface area contributed by atoms with Crippen LogP contribution in [0.4, 0.5) is 10.1 Å². The molecule has 0 aliphatic carbocycles. The third-order valence-corrected chi connectivity index (χ3v) is 3.27. The van der Waals surface area contributed by atoms with E-state index in [2.05, 4.69) is 21.2 Å². The van der Waals surface area contributed by atoms with Crippen molar-refractivity contribution in [3.05, 3.63) is 63.9 Å². The molecule has 0 saturated heterocycles. The predicted octanol–water partition coefficient (Wildman–Crippen LogP) is 4.08. The lowest BCUT2D eigenvalue weighted by atomic mass is 10.1. The number of benzene rings is 2. The van der Waals surface area contributed by atoms with Gasteiger partial charge in [-0.15, -0.1) is 0 Å². The minimum absolute atomic E-state index is 0.114. The number of rotatable bonds is 3. The molecule has 0 heterocycles. The zero-order chi connectivity index (χ0) is 13.8. The van der Waals surface area contributed by atoms with E-state index in [9.17, 15) is 9.18 Å². The number of anilines is 1. The van der Waals surface area contributed by atoms with Gasteiger partial charge in [-0.1, -0.05) is 28.1 Å². The van der Waals surface area contributed by atoms with Crippen molar-refractivity contribution in [3.8, 4) is 0 Å². The van der Waals surface area contributed by atoms with Crippen molar-refractivity contribution >= 4 is 27.5 Å². The van der Waals surface area contributed by atoms with Crippen molar-refractivity contribution in [2.75, 3.05) is 5.32 Å². The van der Waals surface area contributed by atoms with E-state index in [0.717, 1.165) is 10.0 Å². The van der Waals surface area contributed by atoms with Crippen molar-refractivity contribution in [1.29, 1.82) is 0 Å². The van der Waals surface area contributed by atoms with Crippen LogP contribution >= 0.6 is 15.9 Å². The van der Waals surface area contributed by atoms with Crippen LogP contribution in [0.15, 0.2) is 46.9 Å². The Morgan fingerprint density at radius 2 is 1.89 bits per heavy atom. The lowest BCUT2D eigenvalue weighted by Gasteiger charge is -2.08. The van der Waals surface area contributed by atoms with Crippen molar-refractivity contribution < 1.29 is 9.18 Å². The van der Waals surface area contributed by atoms with Crippen LogP contribution < -0.4 is 5.32 Å². The Labute approximate surface area is 119 Å². The number of hydrogen-bond donors (Lipinski definition) is 1. The van der Waals surface area contributed by atoms with Gasteiger partial charge in [-0.25, -0.2) is 4.39 Å². The van der Waals surface area contributed by atoms with Crippen LogP contribution in [0.3, 0.4) is 0 Å². The molecule has 1 N–H and O–H groups in total. The van der Waals surface area contributed by atoms with Crippen molar-refractivity contribution in [3.63, 3.8) is 0 Å². The Balaban J connectivity index is 2.03. The average molecular weight is 322 g/mol. The number of amides is 1. The molecule has 19 heavy (non-hydrogen) atoms. The van der Waals surface area contributed by atoms with Crippen LogP contribution in [0.25, 0.3) is 0 Å². The fourth-order valence-corrected chi connectivity index (χ4v) is 2.01. The van der Waals surface area contributed by atoms with Gasteiger partial charge in [0.1, 0.15) is 5.82 Å². The standard InChI is InChI=1S/C15H13BrFNO/c1-10-8-13(17)6-7-14(10)18-15(19)9-11-2-4-12(16)5-3-11/h2-8H,9H2,1H3,(H,18,19). The minimum atomic E-state index is -0.302. The summed E-state index contributed by atoms with van der Waals surface area (Å²) >= 11 is 3.35. The van der Waals surface area contributed by atoms with Gasteiger partial charge in [0, 0.05) is 10.2 Å². The molecule has 0 aromatic heterocycles. The Morgan fingerprint density at radius 1 is 1.21 bits per heavy atom. The van der Waals surface area contributed by atoms with Gasteiger partial charge in [-0.05, 0) is 48.4 Å². The quantitative estimate of drug-likeness (QED) is 0.906. The predicted molar refractivity (Wildman–Crippen MR) is 77.6 cm³/mol. The molecule has 0 spiro atoms. The maximum atomic E-state index is 13.0. The molecule has 0 bridgehead atoms. The molecular weight excluding hydrogens is 309 g/mol. The summed E-state index contributed by atoms with van der Waals surface area (Å²) in [5, 5.41) is 2.78. The highest BCUT2D eigenvalue weighted by molar-refractivity contribution is 9.10. The summed E-state index contributed by atoms with van der Waals surface area (Å²) in [7, 11) is 0. The summed E-state index contributed by atoms with van der Waals surface area (Å²) < 4.78 is 13.9. The highest BCUT2D eigenvalue weighted by Gasteiger charge is 2.06. The summed E-state index contributed by atoms with van der Waals surface area (Å²) in [5.41, 5.74) is 2.29. The van der Waals surface area contributed by atoms with E-state index in [0.29, 0.717) is 17.7 Å². The SMILES string of the molecule is Cc1cc(F)ccc1NC(=O)Cc1ccc(Br)cc1. The Morgan fingerprint density at radius 3 is 2.53 bits per heavy atom. The largest absolute Gasteiger partial charge is 0.326 e. The molecule has 0 atom stereocenters. The molecule has 2 aromatic rings. The first kappa shape index (κ1) is 13.7. The van der Waals surface area contributed by atoms with E-state index in [1.54, 1.807) is 13.0 Å². The number of carbonyl (C=O) groups excluding carboxylic acids is 1. The molecule has 1 amide bonds. The first-order valence-corrected chi connectivity index (χ1v) is 6.64. The molecule has 98 valence electrons. The van der Waals surface area contributed by atoms with E-state index in [4.69, 9.17) is 0 Å². The molecule has 4 heteroatoms. The first-order chi connectivity index (χ1) is 9.04. The van der Waals surface area contributed by atoms with Crippen LogP contribution in [-0.2, 0) is 11.2 Å². The van der Waals surface area contributed by atoms with Gasteiger partial charge in [0.25, 0.3) is 0 Å². The molecular formula is C15H13BrFNO. The third-order valence-electron chi connectivity index (χ3n) is 2.74. The van der Waals surface area contributed by atoms with Gasteiger partial charge in [0.15, 0.2) is 0 Å². The second-order valence-corrected chi connectivity index (χ2v) is 5.23. The molecule has 0 aliphatic heterocycles. The number of nitrogens with one attached hydrogen (secondary N) is 1. The molecule has 0 fully saturated rings. The molecule has 0 aliphatic rings. The Hall–Kier alpha value is -1.68. The maximum Gasteiger partial charge on any atom is 0.228 e. The Bertz CT molecular complexity index is 596. The van der Waals surface area contributed by atoms with Crippen LogP contribution in [-0.4, -0.2) is 5.91 Å². The van der Waals surface area contributed by atoms with Crippen LogP contribution in [0.5, 0.6) is 0 Å². The fourth-order valence-electron chi connectivity index (χ4n) is 1.75. The molecule has 2 aromatic carbocycles. The van der Waals surface area contributed by atoms with Gasteiger partial charge < -0.3 is 5.32 Å². The molecule has 0 unspecified atom stereocenters. The Kier molecular flexibility index (Phi) is 4.32. The number of hydrogen-bond acceptors (Lipinski definition) is 1. The van der Waals surface area contributed by atoms with Gasteiger partial charge in [-0.2, -0.15) is 0 Å². The van der Waals surface area contributed by atoms with Crippen LogP contribution in [0.2, 0.25) is 0 Å². The summed E-state index contributed by atoms with van der Waals surface area (Å²) in [4.78, 5) is 11.9. The van der Waals surface area contributed by atoms with Crippen LogP contribution in [0.1, 0.15) is 11.1 Å². The highest BCUT2D eigenvalue weighted by Crippen LogP contribution is 2.16. The van der Waals surface area contributed by atoms with Crippen LogP contribution in [0, 0.1) is 12.7 Å². The minimum Gasteiger partial charge on any atom is -0.326 e. The van der Waals surface area contributed by atoms with Gasteiger partial charge in [0.2, 0.25) is 5.91 Å². The second-order valence-electron chi connectivity index (χ2n) is 4.31. The monoisotopic (exact) mass is 321 g/mol. The average Bonchev–Trinajstić information content (AvgIpc) is 2.36. The number of carbonyl (C=O) groups is 1. The van der Waals surface area contributed by atoms with E-state index in [1.807, 2.05) is 24.3 Å². The highest BCUT2D eigenvalue weighted by atomic mass is 79.9. The molecule has 2 rings (SSSR count). The summed E-state index contributed by atoms with van der Waals surface area (Å²) in [6.07, 6.45) is 0.296. The van der Waals surface area contributed by atoms with Crippen molar-refractivity contribution in [2.24, 2.45) is 0 Å². The summed E-state index contributed by atoms with van der Waals surface area (Å²) in [6, 6.07) is 11.9. The number of halogens is 2. The maximum absolute atomic E-state index is 13.0. The van der Waals surface area contributed by atoms with Gasteiger partial charge in [0.05, 0.1) is 6.42 Å². The molecule has 0 saturated carbocycles. The van der Waals surface area contributed by atoms with E-state index in [1.165, 1.54) is 12.1 Å². The first-order valence-electron chi connectivity index (χ1n) is 5.85.